The molecule has 0 amide bonds. The highest BCUT2D eigenvalue weighted by molar-refractivity contribution is 6.30. The van der Waals surface area contributed by atoms with Crippen molar-refractivity contribution in [3.8, 4) is 0 Å². The lowest BCUT2D eigenvalue weighted by Gasteiger charge is -2.24. The molecule has 3 nitrogen and oxygen atoms in total. The molecule has 0 radical (unpaired) electrons. The van der Waals surface area contributed by atoms with Crippen molar-refractivity contribution in [1.29, 1.82) is 0 Å². The fourth-order valence-corrected chi connectivity index (χ4v) is 2.47. The minimum atomic E-state index is -0.369. The number of halogens is 2. The molecular formula is C16H16ClFN2O. The molecule has 2 aromatic rings. The summed E-state index contributed by atoms with van der Waals surface area (Å²) < 4.78 is 19.4. The molecule has 1 aliphatic heterocycles. The molecule has 1 atom stereocenters. The van der Waals surface area contributed by atoms with Gasteiger partial charge in [-0.15, -0.1) is 0 Å². The maximum Gasteiger partial charge on any atom is 0.148 e. The molecule has 0 aliphatic carbocycles. The number of hydrogen-bond acceptors (Lipinski definition) is 3. The van der Waals surface area contributed by atoms with Gasteiger partial charge in [-0.05, 0) is 35.9 Å². The largest absolute Gasteiger partial charge is 0.371 e. The van der Waals surface area contributed by atoms with E-state index in [1.807, 2.05) is 24.3 Å². The monoisotopic (exact) mass is 306 g/mol. The van der Waals surface area contributed by atoms with Crippen LogP contribution in [0.15, 0.2) is 42.5 Å². The molecule has 1 fully saturated rings. The molecule has 5 heteroatoms. The van der Waals surface area contributed by atoms with Crippen LogP contribution in [0, 0.1) is 5.82 Å². The minimum absolute atomic E-state index is 0.0834. The van der Waals surface area contributed by atoms with Crippen LogP contribution < -0.4 is 10.6 Å². The van der Waals surface area contributed by atoms with Crippen LogP contribution in [-0.4, -0.2) is 19.7 Å². The summed E-state index contributed by atoms with van der Waals surface area (Å²) in [6.07, 6.45) is 0.0834. The van der Waals surface area contributed by atoms with E-state index >= 15 is 0 Å². The van der Waals surface area contributed by atoms with E-state index in [1.54, 1.807) is 12.1 Å². The van der Waals surface area contributed by atoms with E-state index in [4.69, 9.17) is 16.3 Å². The third kappa shape index (κ3) is 3.53. The van der Waals surface area contributed by atoms with Crippen molar-refractivity contribution in [1.82, 2.24) is 5.32 Å². The van der Waals surface area contributed by atoms with Crippen molar-refractivity contribution in [2.75, 3.05) is 25.0 Å². The predicted molar refractivity (Wildman–Crippen MR) is 82.7 cm³/mol. The van der Waals surface area contributed by atoms with Gasteiger partial charge in [-0.2, -0.15) is 0 Å². The Hall–Kier alpha value is -1.62. The Kier molecular flexibility index (Phi) is 4.39. The van der Waals surface area contributed by atoms with Crippen LogP contribution in [0.4, 0.5) is 15.8 Å². The van der Waals surface area contributed by atoms with Gasteiger partial charge in [0.05, 0.1) is 18.4 Å². The standard InChI is InChI=1S/C16H16ClFN2O/c17-12-3-6-15(14(18)9-12)20-13-4-1-11(2-5-13)16-10-19-7-8-21-16/h1-6,9,16,19-20H,7-8,10H2. The maximum atomic E-state index is 13.7. The fraction of sp³-hybridized carbons (Fsp3) is 0.250. The summed E-state index contributed by atoms with van der Waals surface area (Å²) in [7, 11) is 0. The summed E-state index contributed by atoms with van der Waals surface area (Å²) in [6.45, 7) is 2.44. The zero-order valence-electron chi connectivity index (χ0n) is 11.4. The molecule has 2 N–H and O–H groups in total. The SMILES string of the molecule is Fc1cc(Cl)ccc1Nc1ccc(C2CNCCO2)cc1. The topological polar surface area (TPSA) is 33.3 Å². The first-order chi connectivity index (χ1) is 10.2. The number of hydrogen-bond donors (Lipinski definition) is 2. The average Bonchev–Trinajstić information content (AvgIpc) is 2.52. The van der Waals surface area contributed by atoms with Crippen LogP contribution in [0.2, 0.25) is 5.02 Å². The predicted octanol–water partition coefficient (Wildman–Crippen LogP) is 3.88. The van der Waals surface area contributed by atoms with E-state index in [0.29, 0.717) is 10.7 Å². The van der Waals surface area contributed by atoms with Crippen molar-refractivity contribution in [2.45, 2.75) is 6.10 Å². The molecule has 110 valence electrons. The van der Waals surface area contributed by atoms with Gasteiger partial charge in [0, 0.05) is 23.8 Å². The van der Waals surface area contributed by atoms with Gasteiger partial charge in [-0.3, -0.25) is 0 Å². The van der Waals surface area contributed by atoms with Gasteiger partial charge in [0.2, 0.25) is 0 Å². The highest BCUT2D eigenvalue weighted by Gasteiger charge is 2.15. The zero-order chi connectivity index (χ0) is 14.7. The Morgan fingerprint density at radius 3 is 2.67 bits per heavy atom. The highest BCUT2D eigenvalue weighted by atomic mass is 35.5. The molecule has 0 aromatic heterocycles. The van der Waals surface area contributed by atoms with Crippen molar-refractivity contribution in [3.05, 3.63) is 58.9 Å². The van der Waals surface area contributed by atoms with Crippen LogP contribution in [0.3, 0.4) is 0 Å². The summed E-state index contributed by atoms with van der Waals surface area (Å²) in [5.41, 5.74) is 2.34. The first-order valence-electron chi connectivity index (χ1n) is 6.87. The van der Waals surface area contributed by atoms with Gasteiger partial charge in [-0.1, -0.05) is 23.7 Å². The first-order valence-corrected chi connectivity index (χ1v) is 7.24. The second-order valence-corrected chi connectivity index (χ2v) is 5.37. The van der Waals surface area contributed by atoms with Crippen LogP contribution >= 0.6 is 11.6 Å². The van der Waals surface area contributed by atoms with E-state index in [0.717, 1.165) is 30.9 Å². The Morgan fingerprint density at radius 1 is 1.19 bits per heavy atom. The molecule has 1 saturated heterocycles. The van der Waals surface area contributed by atoms with E-state index in [9.17, 15) is 4.39 Å². The minimum Gasteiger partial charge on any atom is -0.371 e. The lowest BCUT2D eigenvalue weighted by Crippen LogP contribution is -2.33. The smallest absolute Gasteiger partial charge is 0.148 e. The van der Waals surface area contributed by atoms with Gasteiger partial charge in [-0.25, -0.2) is 4.39 Å². The lowest BCUT2D eigenvalue weighted by atomic mass is 10.1. The molecule has 0 spiro atoms. The van der Waals surface area contributed by atoms with E-state index in [-0.39, 0.29) is 11.9 Å². The molecule has 0 bridgehead atoms. The second-order valence-electron chi connectivity index (χ2n) is 4.93. The molecule has 1 heterocycles. The first kappa shape index (κ1) is 14.3. The van der Waals surface area contributed by atoms with Crippen LogP contribution in [0.1, 0.15) is 11.7 Å². The molecule has 21 heavy (non-hydrogen) atoms. The van der Waals surface area contributed by atoms with E-state index < -0.39 is 0 Å². The highest BCUT2D eigenvalue weighted by Crippen LogP contribution is 2.25. The number of nitrogens with one attached hydrogen (secondary N) is 2. The second kappa shape index (κ2) is 6.43. The van der Waals surface area contributed by atoms with E-state index in [2.05, 4.69) is 10.6 Å². The number of morpholine rings is 1. The molecule has 2 aromatic carbocycles. The average molecular weight is 307 g/mol. The van der Waals surface area contributed by atoms with Gasteiger partial charge < -0.3 is 15.4 Å². The van der Waals surface area contributed by atoms with Crippen molar-refractivity contribution in [2.24, 2.45) is 0 Å². The summed E-state index contributed by atoms with van der Waals surface area (Å²) in [5, 5.41) is 6.72. The molecular weight excluding hydrogens is 291 g/mol. The van der Waals surface area contributed by atoms with Gasteiger partial charge in [0.15, 0.2) is 0 Å². The van der Waals surface area contributed by atoms with Crippen LogP contribution in [0.25, 0.3) is 0 Å². The Bertz CT molecular complexity index is 612. The molecule has 3 rings (SSSR count). The Morgan fingerprint density at radius 2 is 2.00 bits per heavy atom. The quantitative estimate of drug-likeness (QED) is 0.903. The lowest BCUT2D eigenvalue weighted by molar-refractivity contribution is 0.0277. The normalized spacial score (nSPS) is 18.5. The molecule has 1 aliphatic rings. The van der Waals surface area contributed by atoms with Crippen LogP contribution in [0.5, 0.6) is 0 Å². The fourth-order valence-electron chi connectivity index (χ4n) is 2.31. The zero-order valence-corrected chi connectivity index (χ0v) is 12.2. The van der Waals surface area contributed by atoms with Gasteiger partial charge in [0.25, 0.3) is 0 Å². The van der Waals surface area contributed by atoms with Crippen molar-refractivity contribution >= 4 is 23.0 Å². The third-order valence-electron chi connectivity index (χ3n) is 3.42. The summed E-state index contributed by atoms with van der Waals surface area (Å²) in [5.74, 6) is -0.369. The van der Waals surface area contributed by atoms with Crippen LogP contribution in [-0.2, 0) is 4.74 Å². The molecule has 1 unspecified atom stereocenters. The summed E-state index contributed by atoms with van der Waals surface area (Å²) in [6, 6.07) is 12.4. The third-order valence-corrected chi connectivity index (χ3v) is 3.66. The number of rotatable bonds is 3. The summed E-state index contributed by atoms with van der Waals surface area (Å²) in [4.78, 5) is 0. The maximum absolute atomic E-state index is 13.7. The van der Waals surface area contributed by atoms with E-state index in [1.165, 1.54) is 6.07 Å². The molecule has 0 saturated carbocycles. The number of benzene rings is 2. The number of anilines is 2. The summed E-state index contributed by atoms with van der Waals surface area (Å²) >= 11 is 5.74. The Labute approximate surface area is 128 Å². The number of ether oxygens (including phenoxy) is 1. The van der Waals surface area contributed by atoms with Crippen molar-refractivity contribution in [3.63, 3.8) is 0 Å². The Balaban J connectivity index is 1.71. The van der Waals surface area contributed by atoms with Gasteiger partial charge in [0.1, 0.15) is 5.82 Å². The van der Waals surface area contributed by atoms with Crippen molar-refractivity contribution < 1.29 is 9.13 Å². The van der Waals surface area contributed by atoms with Gasteiger partial charge >= 0.3 is 0 Å².